The van der Waals surface area contributed by atoms with Crippen LogP contribution in [0.2, 0.25) is 0 Å². The van der Waals surface area contributed by atoms with Crippen molar-refractivity contribution < 1.29 is 9.53 Å². The predicted octanol–water partition coefficient (Wildman–Crippen LogP) is 1.50. The first-order chi connectivity index (χ1) is 9.11. The summed E-state index contributed by atoms with van der Waals surface area (Å²) in [6.07, 6.45) is 2.56. The largest absolute Gasteiger partial charge is 0.378 e. The Kier molecular flexibility index (Phi) is 4.90. The fourth-order valence-corrected chi connectivity index (χ4v) is 2.67. The van der Waals surface area contributed by atoms with E-state index in [9.17, 15) is 4.79 Å². The Morgan fingerprint density at radius 2 is 2.42 bits per heavy atom. The smallest absolute Gasteiger partial charge is 0.270 e. The van der Waals surface area contributed by atoms with Crippen LogP contribution in [0, 0.1) is 0 Å². The van der Waals surface area contributed by atoms with Crippen LogP contribution in [0.15, 0.2) is 5.38 Å². The predicted molar refractivity (Wildman–Crippen MR) is 75.4 cm³/mol. The zero-order valence-corrected chi connectivity index (χ0v) is 12.5. The number of likely N-dealkylation sites (N-methyl/N-ethyl adjacent to an activating group) is 1. The number of hydrogen-bond acceptors (Lipinski definition) is 5. The molecule has 1 unspecified atom stereocenters. The first-order valence-electron chi connectivity index (χ1n) is 6.55. The van der Waals surface area contributed by atoms with Gasteiger partial charge in [-0.3, -0.25) is 9.69 Å². The second-order valence-corrected chi connectivity index (χ2v) is 5.96. The second-order valence-electron chi connectivity index (χ2n) is 5.02. The third-order valence-electron chi connectivity index (χ3n) is 3.43. The zero-order valence-electron chi connectivity index (χ0n) is 11.7. The van der Waals surface area contributed by atoms with Crippen molar-refractivity contribution in [3.8, 4) is 0 Å². The lowest BCUT2D eigenvalue weighted by molar-refractivity contribution is 0.0934. The van der Waals surface area contributed by atoms with Crippen molar-refractivity contribution in [3.05, 3.63) is 16.1 Å². The van der Waals surface area contributed by atoms with Gasteiger partial charge in [0.2, 0.25) is 0 Å². The van der Waals surface area contributed by atoms with Gasteiger partial charge < -0.3 is 10.1 Å². The van der Waals surface area contributed by atoms with E-state index in [4.69, 9.17) is 4.74 Å². The van der Waals surface area contributed by atoms with Crippen molar-refractivity contribution in [1.82, 2.24) is 15.2 Å². The fraction of sp³-hybridized carbons (Fsp3) is 0.692. The molecule has 0 spiro atoms. The van der Waals surface area contributed by atoms with Gasteiger partial charge in [0, 0.05) is 31.1 Å². The lowest BCUT2D eigenvalue weighted by Crippen LogP contribution is -2.41. The standard InChI is InChI=1S/C13H21N3O2S/c1-9(16(2)10-4-5-10)6-14-13(17)11-8-19-12(15-11)7-18-3/h8-10H,4-7H2,1-3H3,(H,14,17). The quantitative estimate of drug-likeness (QED) is 0.824. The van der Waals surface area contributed by atoms with Crippen LogP contribution in [0.25, 0.3) is 0 Å². The summed E-state index contributed by atoms with van der Waals surface area (Å²) in [6, 6.07) is 1.06. The molecule has 1 aromatic heterocycles. The van der Waals surface area contributed by atoms with Gasteiger partial charge >= 0.3 is 0 Å². The number of hydrogen-bond donors (Lipinski definition) is 1. The Bertz CT molecular complexity index is 431. The highest BCUT2D eigenvalue weighted by Crippen LogP contribution is 2.26. The molecule has 19 heavy (non-hydrogen) atoms. The first-order valence-corrected chi connectivity index (χ1v) is 7.43. The fourth-order valence-electron chi connectivity index (χ4n) is 1.92. The van der Waals surface area contributed by atoms with Crippen molar-refractivity contribution >= 4 is 17.2 Å². The van der Waals surface area contributed by atoms with E-state index < -0.39 is 0 Å². The normalized spacial score (nSPS) is 16.6. The number of carbonyl (C=O) groups excluding carboxylic acids is 1. The molecule has 0 bridgehead atoms. The maximum absolute atomic E-state index is 11.9. The molecular formula is C13H21N3O2S. The number of aromatic nitrogens is 1. The minimum absolute atomic E-state index is 0.102. The van der Waals surface area contributed by atoms with Crippen LogP contribution in [0.4, 0.5) is 0 Å². The van der Waals surface area contributed by atoms with Gasteiger partial charge in [0.05, 0.1) is 6.61 Å². The van der Waals surface area contributed by atoms with Crippen molar-refractivity contribution in [3.63, 3.8) is 0 Å². The van der Waals surface area contributed by atoms with E-state index in [0.717, 1.165) is 5.01 Å². The molecule has 6 heteroatoms. The number of ether oxygens (including phenoxy) is 1. The molecule has 106 valence electrons. The molecule has 5 nitrogen and oxygen atoms in total. The Labute approximate surface area is 118 Å². The molecule has 2 rings (SSSR count). The number of thiazole rings is 1. The maximum Gasteiger partial charge on any atom is 0.270 e. The van der Waals surface area contributed by atoms with Gasteiger partial charge in [-0.25, -0.2) is 4.98 Å². The summed E-state index contributed by atoms with van der Waals surface area (Å²) in [5.41, 5.74) is 0.485. The molecule has 1 aromatic rings. The first kappa shape index (κ1) is 14.4. The van der Waals surface area contributed by atoms with Crippen LogP contribution >= 0.6 is 11.3 Å². The lowest BCUT2D eigenvalue weighted by Gasteiger charge is -2.24. The average molecular weight is 283 g/mol. The zero-order chi connectivity index (χ0) is 13.8. The van der Waals surface area contributed by atoms with E-state index in [-0.39, 0.29) is 5.91 Å². The van der Waals surface area contributed by atoms with Crippen LogP contribution in [0.3, 0.4) is 0 Å². The van der Waals surface area contributed by atoms with Crippen molar-refractivity contribution in [2.24, 2.45) is 0 Å². The van der Waals surface area contributed by atoms with E-state index in [1.807, 2.05) is 0 Å². The summed E-state index contributed by atoms with van der Waals surface area (Å²) in [7, 11) is 3.74. The highest BCUT2D eigenvalue weighted by molar-refractivity contribution is 7.09. The third kappa shape index (κ3) is 3.99. The lowest BCUT2D eigenvalue weighted by atomic mass is 10.3. The van der Waals surface area contributed by atoms with Gasteiger partial charge in [0.15, 0.2) is 0 Å². The van der Waals surface area contributed by atoms with Crippen LogP contribution in [-0.2, 0) is 11.3 Å². The minimum atomic E-state index is -0.102. The monoisotopic (exact) mass is 283 g/mol. The van der Waals surface area contributed by atoms with E-state index in [2.05, 4.69) is 29.2 Å². The Hall–Kier alpha value is -0.980. The van der Waals surface area contributed by atoms with Gasteiger partial charge in [-0.1, -0.05) is 0 Å². The number of nitrogens with zero attached hydrogens (tertiary/aromatic N) is 2. The third-order valence-corrected chi connectivity index (χ3v) is 4.25. The summed E-state index contributed by atoms with van der Waals surface area (Å²) in [6.45, 7) is 3.25. The van der Waals surface area contributed by atoms with Crippen molar-refractivity contribution in [2.45, 2.75) is 38.5 Å². The van der Waals surface area contributed by atoms with Gasteiger partial charge in [0.25, 0.3) is 5.91 Å². The van der Waals surface area contributed by atoms with E-state index >= 15 is 0 Å². The summed E-state index contributed by atoms with van der Waals surface area (Å²) >= 11 is 1.45. The van der Waals surface area contributed by atoms with Crippen LogP contribution in [0.1, 0.15) is 35.3 Å². The average Bonchev–Trinajstić information content (AvgIpc) is 3.15. The number of carbonyl (C=O) groups is 1. The molecule has 0 aromatic carbocycles. The molecular weight excluding hydrogens is 262 g/mol. The van der Waals surface area contributed by atoms with Gasteiger partial charge in [0.1, 0.15) is 10.7 Å². The van der Waals surface area contributed by atoms with Gasteiger partial charge in [-0.05, 0) is 26.8 Å². The molecule has 0 aliphatic heterocycles. The topological polar surface area (TPSA) is 54.5 Å². The summed E-state index contributed by atoms with van der Waals surface area (Å²) in [4.78, 5) is 18.5. The molecule has 1 atom stereocenters. The highest BCUT2D eigenvalue weighted by Gasteiger charge is 2.29. The summed E-state index contributed by atoms with van der Waals surface area (Å²) in [5.74, 6) is -0.102. The molecule has 1 heterocycles. The highest BCUT2D eigenvalue weighted by atomic mass is 32.1. The number of methoxy groups -OCH3 is 1. The molecule has 1 aliphatic rings. The maximum atomic E-state index is 11.9. The van der Waals surface area contributed by atoms with Gasteiger partial charge in [-0.15, -0.1) is 11.3 Å². The second kappa shape index (κ2) is 6.45. The SMILES string of the molecule is COCc1nc(C(=O)NCC(C)N(C)C2CC2)cs1. The van der Waals surface area contributed by atoms with Crippen LogP contribution < -0.4 is 5.32 Å². The molecule has 1 saturated carbocycles. The molecule has 0 radical (unpaired) electrons. The summed E-state index contributed by atoms with van der Waals surface area (Å²) in [5, 5.41) is 5.55. The van der Waals surface area contributed by atoms with Crippen molar-refractivity contribution in [1.29, 1.82) is 0 Å². The molecule has 1 aliphatic carbocycles. The molecule has 1 fully saturated rings. The minimum Gasteiger partial charge on any atom is -0.378 e. The Morgan fingerprint density at radius 1 is 1.68 bits per heavy atom. The van der Waals surface area contributed by atoms with E-state index in [1.54, 1.807) is 12.5 Å². The Morgan fingerprint density at radius 3 is 3.05 bits per heavy atom. The van der Waals surface area contributed by atoms with Gasteiger partial charge in [-0.2, -0.15) is 0 Å². The summed E-state index contributed by atoms with van der Waals surface area (Å²) < 4.78 is 4.99. The number of nitrogens with one attached hydrogen (secondary N) is 1. The molecule has 1 N–H and O–H groups in total. The van der Waals surface area contributed by atoms with Crippen LogP contribution in [0.5, 0.6) is 0 Å². The number of rotatable bonds is 7. The van der Waals surface area contributed by atoms with Crippen LogP contribution in [-0.4, -0.2) is 48.6 Å². The van der Waals surface area contributed by atoms with Crippen molar-refractivity contribution in [2.75, 3.05) is 20.7 Å². The van der Waals surface area contributed by atoms with E-state index in [1.165, 1.54) is 24.2 Å². The van der Waals surface area contributed by atoms with E-state index in [0.29, 0.717) is 30.9 Å². The molecule has 0 saturated heterocycles. The number of amides is 1. The molecule has 1 amide bonds. The Balaban J connectivity index is 1.79.